The van der Waals surface area contributed by atoms with Crippen LogP contribution >= 0.6 is 0 Å². The molecule has 2 atom stereocenters. The molecule has 0 unspecified atom stereocenters. The van der Waals surface area contributed by atoms with E-state index >= 15 is 0 Å². The van der Waals surface area contributed by atoms with Crippen molar-refractivity contribution in [1.29, 1.82) is 0 Å². The lowest BCUT2D eigenvalue weighted by molar-refractivity contribution is -0.143. The Morgan fingerprint density at radius 3 is 2.36 bits per heavy atom. The van der Waals surface area contributed by atoms with E-state index in [0.717, 1.165) is 5.56 Å². The summed E-state index contributed by atoms with van der Waals surface area (Å²) in [5, 5.41) is 2.68. The fourth-order valence-electron chi connectivity index (χ4n) is 4.49. The first-order valence-corrected chi connectivity index (χ1v) is 11.6. The number of amides is 2. The first-order chi connectivity index (χ1) is 17.4. The summed E-state index contributed by atoms with van der Waals surface area (Å²) in [6.07, 6.45) is 0. The normalized spacial score (nSPS) is 16.8. The Balaban J connectivity index is 1.80. The summed E-state index contributed by atoms with van der Waals surface area (Å²) in [7, 11) is 1.56. The van der Waals surface area contributed by atoms with E-state index in [9.17, 15) is 18.8 Å². The molecule has 3 aromatic carbocycles. The van der Waals surface area contributed by atoms with Gasteiger partial charge in [-0.1, -0.05) is 42.5 Å². The number of ether oxygens (including phenoxy) is 2. The topological polar surface area (TPSA) is 84.9 Å². The molecule has 0 fully saturated rings. The van der Waals surface area contributed by atoms with Crippen molar-refractivity contribution in [2.24, 2.45) is 0 Å². The average molecular weight is 491 g/mol. The van der Waals surface area contributed by atoms with Crippen LogP contribution in [0.3, 0.4) is 0 Å². The van der Waals surface area contributed by atoms with E-state index in [-0.39, 0.29) is 31.4 Å². The van der Waals surface area contributed by atoms with E-state index < -0.39 is 23.8 Å². The Labute approximate surface area is 208 Å². The van der Waals surface area contributed by atoms with E-state index in [0.29, 0.717) is 22.4 Å². The third-order valence-corrected chi connectivity index (χ3v) is 6.16. The predicted molar refractivity (Wildman–Crippen MR) is 131 cm³/mol. The van der Waals surface area contributed by atoms with Crippen LogP contribution in [-0.2, 0) is 20.9 Å². The van der Waals surface area contributed by atoms with Crippen LogP contribution in [0.5, 0.6) is 5.75 Å². The first-order valence-electron chi connectivity index (χ1n) is 11.6. The van der Waals surface area contributed by atoms with Gasteiger partial charge in [0.05, 0.1) is 25.7 Å². The Morgan fingerprint density at radius 1 is 1.00 bits per heavy atom. The Kier molecular flexibility index (Phi) is 7.63. The molecule has 1 N–H and O–H groups in total. The Morgan fingerprint density at radius 2 is 1.69 bits per heavy atom. The number of halogens is 1. The highest BCUT2D eigenvalue weighted by Crippen LogP contribution is 2.43. The molecule has 2 amide bonds. The number of fused-ring (bicyclic) bond motifs is 1. The van der Waals surface area contributed by atoms with Crippen molar-refractivity contribution in [3.63, 3.8) is 0 Å². The van der Waals surface area contributed by atoms with Gasteiger partial charge in [0.1, 0.15) is 18.1 Å². The number of hydrogen-bond acceptors (Lipinski definition) is 5. The highest BCUT2D eigenvalue weighted by atomic mass is 19.1. The summed E-state index contributed by atoms with van der Waals surface area (Å²) in [5.74, 6) is -1.75. The molecule has 0 aliphatic carbocycles. The highest BCUT2D eigenvalue weighted by molar-refractivity contribution is 6.01. The molecule has 4 rings (SSSR count). The standard InChI is InChI=1S/C28H27FN2O5/c1-3-36-24(32)16-30-27(33)25-22-6-4-5-7-23(22)28(34)31(17-18-8-12-20(29)13-9-18)26(25)19-10-14-21(35-2)15-11-19/h4-15,25-26H,3,16-17H2,1-2H3,(H,30,33)/t25-,26-/m0/s1. The lowest BCUT2D eigenvalue weighted by atomic mass is 9.79. The molecule has 7 nitrogen and oxygen atoms in total. The van der Waals surface area contributed by atoms with Crippen LogP contribution in [0.25, 0.3) is 0 Å². The van der Waals surface area contributed by atoms with Crippen molar-refractivity contribution in [1.82, 2.24) is 10.2 Å². The maximum atomic E-state index is 13.7. The van der Waals surface area contributed by atoms with E-state index in [1.807, 2.05) is 12.1 Å². The quantitative estimate of drug-likeness (QED) is 0.483. The van der Waals surface area contributed by atoms with Crippen LogP contribution in [0.2, 0.25) is 0 Å². The first kappa shape index (κ1) is 24.9. The Hall–Kier alpha value is -4.20. The Bertz CT molecular complexity index is 1240. The van der Waals surface area contributed by atoms with Crippen molar-refractivity contribution in [2.45, 2.75) is 25.4 Å². The van der Waals surface area contributed by atoms with Gasteiger partial charge in [0.15, 0.2) is 0 Å². The minimum atomic E-state index is -0.804. The van der Waals surface area contributed by atoms with Gasteiger partial charge in [0.2, 0.25) is 5.91 Å². The van der Waals surface area contributed by atoms with Crippen molar-refractivity contribution >= 4 is 17.8 Å². The van der Waals surface area contributed by atoms with E-state index in [2.05, 4.69) is 5.32 Å². The number of rotatable bonds is 8. The minimum absolute atomic E-state index is 0.159. The smallest absolute Gasteiger partial charge is 0.325 e. The number of carbonyl (C=O) groups excluding carboxylic acids is 3. The van der Waals surface area contributed by atoms with Crippen LogP contribution in [0, 0.1) is 5.82 Å². The van der Waals surface area contributed by atoms with Crippen LogP contribution in [0.1, 0.15) is 45.9 Å². The molecule has 36 heavy (non-hydrogen) atoms. The largest absolute Gasteiger partial charge is 0.497 e. The second-order valence-electron chi connectivity index (χ2n) is 8.37. The van der Waals surface area contributed by atoms with E-state index in [1.54, 1.807) is 67.5 Å². The van der Waals surface area contributed by atoms with Crippen molar-refractivity contribution in [2.75, 3.05) is 20.3 Å². The molecular weight excluding hydrogens is 463 g/mol. The van der Waals surface area contributed by atoms with Gasteiger partial charge in [-0.15, -0.1) is 0 Å². The molecule has 1 aliphatic rings. The third-order valence-electron chi connectivity index (χ3n) is 6.16. The zero-order valence-electron chi connectivity index (χ0n) is 20.1. The van der Waals surface area contributed by atoms with E-state index in [1.165, 1.54) is 12.1 Å². The maximum Gasteiger partial charge on any atom is 0.325 e. The SMILES string of the molecule is CCOC(=O)CNC(=O)[C@H]1c2ccccc2C(=O)N(Cc2ccc(F)cc2)[C@H]1c1ccc(OC)cc1. The zero-order chi connectivity index (χ0) is 25.7. The molecule has 0 saturated carbocycles. The van der Waals surface area contributed by atoms with Gasteiger partial charge in [-0.25, -0.2) is 4.39 Å². The van der Waals surface area contributed by atoms with Crippen molar-refractivity contribution in [3.8, 4) is 5.75 Å². The summed E-state index contributed by atoms with van der Waals surface area (Å²) in [4.78, 5) is 40.9. The molecular formula is C28H27FN2O5. The lowest BCUT2D eigenvalue weighted by Gasteiger charge is -2.42. The molecule has 3 aromatic rings. The molecule has 1 heterocycles. The number of carbonyl (C=O) groups is 3. The van der Waals surface area contributed by atoms with Crippen LogP contribution in [-0.4, -0.2) is 42.9 Å². The number of nitrogens with one attached hydrogen (secondary N) is 1. The molecule has 0 radical (unpaired) electrons. The number of hydrogen-bond donors (Lipinski definition) is 1. The number of benzene rings is 3. The van der Waals surface area contributed by atoms with E-state index in [4.69, 9.17) is 9.47 Å². The second-order valence-corrected chi connectivity index (χ2v) is 8.37. The molecule has 0 spiro atoms. The number of methoxy groups -OCH3 is 1. The molecule has 0 aromatic heterocycles. The van der Waals surface area contributed by atoms with Gasteiger partial charge in [-0.3, -0.25) is 14.4 Å². The summed E-state index contributed by atoms with van der Waals surface area (Å²) in [6.45, 7) is 1.77. The van der Waals surface area contributed by atoms with Crippen LogP contribution in [0.4, 0.5) is 4.39 Å². The highest BCUT2D eigenvalue weighted by Gasteiger charge is 2.44. The summed E-state index contributed by atoms with van der Waals surface area (Å²) >= 11 is 0. The van der Waals surface area contributed by atoms with Crippen LogP contribution in [0.15, 0.2) is 72.8 Å². The predicted octanol–water partition coefficient (Wildman–Crippen LogP) is 3.99. The van der Waals surface area contributed by atoms with Gasteiger partial charge < -0.3 is 19.7 Å². The molecule has 0 saturated heterocycles. The average Bonchev–Trinajstić information content (AvgIpc) is 2.90. The fraction of sp³-hybridized carbons (Fsp3) is 0.250. The van der Waals surface area contributed by atoms with Crippen molar-refractivity contribution in [3.05, 3.63) is 101 Å². The minimum Gasteiger partial charge on any atom is -0.497 e. The summed E-state index contributed by atoms with van der Waals surface area (Å²) < 4.78 is 23.8. The lowest BCUT2D eigenvalue weighted by Crippen LogP contribution is -2.47. The summed E-state index contributed by atoms with van der Waals surface area (Å²) in [5.41, 5.74) is 2.41. The van der Waals surface area contributed by atoms with Crippen molar-refractivity contribution < 1.29 is 28.2 Å². The van der Waals surface area contributed by atoms with Gasteiger partial charge >= 0.3 is 5.97 Å². The molecule has 1 aliphatic heterocycles. The van der Waals surface area contributed by atoms with Gasteiger partial charge in [0, 0.05) is 12.1 Å². The van der Waals surface area contributed by atoms with Gasteiger partial charge in [-0.05, 0) is 53.9 Å². The van der Waals surface area contributed by atoms with Crippen LogP contribution < -0.4 is 10.1 Å². The monoisotopic (exact) mass is 490 g/mol. The number of nitrogens with zero attached hydrogens (tertiary/aromatic N) is 1. The summed E-state index contributed by atoms with van der Waals surface area (Å²) in [6, 6.07) is 19.3. The maximum absolute atomic E-state index is 13.7. The third kappa shape index (κ3) is 5.22. The zero-order valence-corrected chi connectivity index (χ0v) is 20.1. The molecule has 8 heteroatoms. The second kappa shape index (κ2) is 11.0. The van der Waals surface area contributed by atoms with Gasteiger partial charge in [-0.2, -0.15) is 0 Å². The molecule has 0 bridgehead atoms. The fourth-order valence-corrected chi connectivity index (χ4v) is 4.49. The number of esters is 1. The van der Waals surface area contributed by atoms with Gasteiger partial charge in [0.25, 0.3) is 5.91 Å². The molecule has 186 valence electrons.